The zero-order chi connectivity index (χ0) is 71.2. The molecule has 0 spiro atoms. The van der Waals surface area contributed by atoms with Crippen LogP contribution in [0.2, 0.25) is 0 Å². The standard InChI is InChI=1S/C101H82N4/c1-95(2)66-26-16-20-34-81(66)103-89-62-44-43-61-79(47-41-55-37-38-57(86(62)85(55)61)50-74(89)99(9,10)71-31-23-29-69(95)92(71)103)102-80-33-19-15-25-65(80)97(5,6)73-49-56(42-48-84(73)102)60-53-77-94-78(54-60)101(13,14)76-52-59-40-39-58-51-75-90(104-82-35-21-17-27-67(82)96(3,4)70-30-24-32-72(93(70)104)100(75,11)12)63-45-46-64(88(59)87(58)63)91(76)105(94)83-36-22-18-28-68(83)98(77,7)8/h15-54H,1-14H3. The summed E-state index contributed by atoms with van der Waals surface area (Å²) in [4.78, 5) is 10.6. The van der Waals surface area contributed by atoms with E-state index in [0.717, 1.165) is 0 Å². The monoisotopic (exact) mass is 1350 g/mol. The van der Waals surface area contributed by atoms with Crippen molar-refractivity contribution < 1.29 is 0 Å². The highest BCUT2D eigenvalue weighted by Crippen LogP contribution is 2.68. The molecule has 0 saturated carbocycles. The molecular weight excluding hydrogens is 1270 g/mol. The first-order valence-corrected chi connectivity index (χ1v) is 38.2. The summed E-state index contributed by atoms with van der Waals surface area (Å²) in [7, 11) is 0. The lowest BCUT2D eigenvalue weighted by Crippen LogP contribution is -2.38. The summed E-state index contributed by atoms with van der Waals surface area (Å²) in [6.07, 6.45) is 0. The molecule has 4 nitrogen and oxygen atoms in total. The average molecular weight is 1350 g/mol. The molecule has 0 amide bonds. The molecule has 0 unspecified atom stereocenters. The second-order valence-electron chi connectivity index (χ2n) is 35.6. The molecule has 0 fully saturated rings. The smallest absolute Gasteiger partial charge is 0.0581 e. The molecule has 7 aliphatic rings. The summed E-state index contributed by atoms with van der Waals surface area (Å²) in [5, 5.41) is 15.6. The van der Waals surface area contributed by atoms with Crippen LogP contribution in [0.15, 0.2) is 243 Å². The maximum Gasteiger partial charge on any atom is 0.0581 e. The predicted molar refractivity (Wildman–Crippen MR) is 443 cm³/mol. The first kappa shape index (κ1) is 60.2. The summed E-state index contributed by atoms with van der Waals surface area (Å²) < 4.78 is 0. The van der Waals surface area contributed by atoms with Gasteiger partial charge in [-0.3, -0.25) is 0 Å². The average Bonchev–Trinajstić information content (AvgIpc) is 0.679. The van der Waals surface area contributed by atoms with Gasteiger partial charge in [-0.2, -0.15) is 0 Å². The van der Waals surface area contributed by atoms with Gasteiger partial charge in [0.05, 0.1) is 68.2 Å². The summed E-state index contributed by atoms with van der Waals surface area (Å²) in [5.74, 6) is 0. The molecule has 4 heteroatoms. The molecule has 0 N–H and O–H groups in total. The fourth-order valence-corrected chi connectivity index (χ4v) is 22.4. The minimum absolute atomic E-state index is 0.166. The minimum Gasteiger partial charge on any atom is -0.309 e. The van der Waals surface area contributed by atoms with Crippen LogP contribution in [0.3, 0.4) is 0 Å². The van der Waals surface area contributed by atoms with Crippen molar-refractivity contribution in [1.29, 1.82) is 0 Å². The molecule has 0 aliphatic carbocycles. The van der Waals surface area contributed by atoms with Gasteiger partial charge < -0.3 is 19.6 Å². The highest BCUT2D eigenvalue weighted by atomic mass is 15.2. The van der Waals surface area contributed by atoms with E-state index < -0.39 is 5.41 Å². The molecule has 0 bridgehead atoms. The number of fused-ring (bicyclic) bond motifs is 17. The Morgan fingerprint density at radius 2 is 0.438 bits per heavy atom. The fourth-order valence-electron chi connectivity index (χ4n) is 22.4. The van der Waals surface area contributed by atoms with Gasteiger partial charge in [-0.15, -0.1) is 0 Å². The fraction of sp³-hybridized carbons (Fsp3) is 0.208. The second kappa shape index (κ2) is 19.0. The van der Waals surface area contributed by atoms with E-state index in [1.165, 1.54) is 222 Å². The van der Waals surface area contributed by atoms with Gasteiger partial charge in [0, 0.05) is 59.4 Å². The van der Waals surface area contributed by atoms with Crippen molar-refractivity contribution in [1.82, 2.24) is 0 Å². The maximum absolute atomic E-state index is 2.71. The third-order valence-corrected chi connectivity index (χ3v) is 27.9. The number of hydrogen-bond acceptors (Lipinski definition) is 4. The van der Waals surface area contributed by atoms with Crippen LogP contribution >= 0.6 is 0 Å². The number of nitrogens with zero attached hydrogens (tertiary/aromatic N) is 4. The molecule has 16 aromatic rings. The van der Waals surface area contributed by atoms with Crippen molar-refractivity contribution in [2.45, 2.75) is 135 Å². The Hall–Kier alpha value is -11.2. The van der Waals surface area contributed by atoms with Gasteiger partial charge in [0.15, 0.2) is 0 Å². The van der Waals surface area contributed by atoms with E-state index in [2.05, 4.69) is 359 Å². The van der Waals surface area contributed by atoms with E-state index in [0.29, 0.717) is 0 Å². The van der Waals surface area contributed by atoms with E-state index in [9.17, 15) is 0 Å². The van der Waals surface area contributed by atoms with Crippen LogP contribution in [0.5, 0.6) is 0 Å². The van der Waals surface area contributed by atoms with Gasteiger partial charge in [-0.05, 0) is 205 Å². The van der Waals surface area contributed by atoms with E-state index >= 15 is 0 Å². The van der Waals surface area contributed by atoms with Crippen LogP contribution in [0.25, 0.3) is 75.8 Å². The lowest BCUT2D eigenvalue weighted by atomic mass is 9.64. The van der Waals surface area contributed by atoms with Crippen molar-refractivity contribution in [2.24, 2.45) is 0 Å². The number of benzene rings is 16. The van der Waals surface area contributed by atoms with Crippen LogP contribution in [0.4, 0.5) is 68.2 Å². The van der Waals surface area contributed by atoms with Crippen LogP contribution < -0.4 is 19.6 Å². The summed E-state index contributed by atoms with van der Waals surface area (Å²) >= 11 is 0. The van der Waals surface area contributed by atoms with Gasteiger partial charge >= 0.3 is 0 Å². The van der Waals surface area contributed by atoms with E-state index in [1.54, 1.807) is 0 Å². The molecule has 105 heavy (non-hydrogen) atoms. The molecule has 506 valence electrons. The number of hydrogen-bond donors (Lipinski definition) is 0. The van der Waals surface area contributed by atoms with E-state index in [4.69, 9.17) is 0 Å². The Morgan fingerprint density at radius 3 is 0.857 bits per heavy atom. The molecule has 16 aromatic carbocycles. The highest BCUT2D eigenvalue weighted by Gasteiger charge is 2.51. The van der Waals surface area contributed by atoms with Crippen LogP contribution in [0.1, 0.15) is 175 Å². The Balaban J connectivity index is 0.704. The SMILES string of the molecule is CC1(C)c2ccccc2N(c2ccc3ccc4cc5c(c6ccc2c3c46)N2c3ccccc3C(C)(C)c3cccc(c32)C5(C)C)c2ccc(-c3cc4c5c(c3)C(C)(C)c3cc6ccc7cc8c(c9ccc(c3N5c3ccccc3C4(C)C)c6c79)N3c4ccccc4C(C)(C)c4cccc(c43)C8(C)C)cc21. The predicted octanol–water partition coefficient (Wildman–Crippen LogP) is 27.5. The largest absolute Gasteiger partial charge is 0.309 e. The molecule has 0 aromatic heterocycles. The summed E-state index contributed by atoms with van der Waals surface area (Å²) in [5.41, 5.74) is 35.0. The van der Waals surface area contributed by atoms with Crippen molar-refractivity contribution in [3.8, 4) is 11.1 Å². The molecule has 7 aliphatic heterocycles. The van der Waals surface area contributed by atoms with Gasteiger partial charge in [-0.25, -0.2) is 0 Å². The normalized spacial score (nSPS) is 18.1. The molecule has 0 saturated heterocycles. The Labute approximate surface area is 615 Å². The van der Waals surface area contributed by atoms with Crippen molar-refractivity contribution in [2.75, 3.05) is 19.6 Å². The summed E-state index contributed by atoms with van der Waals surface area (Å²) in [6, 6.07) is 95.8. The highest BCUT2D eigenvalue weighted by molar-refractivity contribution is 6.31. The van der Waals surface area contributed by atoms with Crippen LogP contribution in [0, 0.1) is 0 Å². The van der Waals surface area contributed by atoms with Gasteiger partial charge in [0.1, 0.15) is 0 Å². The quantitative estimate of drug-likeness (QED) is 0.160. The zero-order valence-electron chi connectivity index (χ0n) is 62.4. The number of anilines is 12. The second-order valence-corrected chi connectivity index (χ2v) is 35.6. The van der Waals surface area contributed by atoms with Crippen molar-refractivity contribution >= 4 is 133 Å². The number of rotatable bonds is 2. The minimum atomic E-state index is -0.400. The zero-order valence-corrected chi connectivity index (χ0v) is 62.4. The van der Waals surface area contributed by atoms with Crippen LogP contribution in [-0.2, 0) is 37.9 Å². The van der Waals surface area contributed by atoms with Gasteiger partial charge in [0.2, 0.25) is 0 Å². The Bertz CT molecular complexity index is 6720. The lowest BCUT2D eigenvalue weighted by molar-refractivity contribution is 0.598. The first-order valence-electron chi connectivity index (χ1n) is 38.2. The van der Waals surface area contributed by atoms with E-state index in [-0.39, 0.29) is 32.5 Å². The third kappa shape index (κ3) is 6.99. The Kier molecular flexibility index (Phi) is 10.9. The van der Waals surface area contributed by atoms with Crippen LogP contribution in [-0.4, -0.2) is 0 Å². The van der Waals surface area contributed by atoms with Crippen molar-refractivity contribution in [3.05, 3.63) is 321 Å². The van der Waals surface area contributed by atoms with Gasteiger partial charge in [-0.1, -0.05) is 267 Å². The first-order chi connectivity index (χ1) is 50.4. The molecule has 0 atom stereocenters. The Morgan fingerprint density at radius 1 is 0.171 bits per heavy atom. The number of para-hydroxylation sites is 6. The van der Waals surface area contributed by atoms with Gasteiger partial charge in [0.25, 0.3) is 0 Å². The van der Waals surface area contributed by atoms with Crippen molar-refractivity contribution in [3.63, 3.8) is 0 Å². The molecule has 7 heterocycles. The summed E-state index contributed by atoms with van der Waals surface area (Å²) in [6.45, 7) is 34.3. The lowest BCUT2D eigenvalue weighted by Gasteiger charge is -2.50. The molecular formula is C101H82N4. The molecule has 0 radical (unpaired) electrons. The third-order valence-electron chi connectivity index (χ3n) is 27.9. The topological polar surface area (TPSA) is 13.0 Å². The molecule has 23 rings (SSSR count). The van der Waals surface area contributed by atoms with E-state index in [1.807, 2.05) is 0 Å². The maximum atomic E-state index is 2.71.